The van der Waals surface area contributed by atoms with Crippen molar-refractivity contribution >= 4 is 5.78 Å². The first kappa shape index (κ1) is 15.9. The van der Waals surface area contributed by atoms with E-state index in [0.717, 1.165) is 24.9 Å². The molecule has 0 aliphatic carbocycles. The number of aromatic nitrogens is 2. The van der Waals surface area contributed by atoms with Gasteiger partial charge in [0.05, 0.1) is 11.8 Å². The molecule has 1 atom stereocenters. The normalized spacial score (nSPS) is 13.5. The fraction of sp³-hybridized carbons (Fsp3) is 0.733. The lowest BCUT2D eigenvalue weighted by molar-refractivity contribution is 0.0957. The largest absolute Gasteiger partial charge is 0.330 e. The maximum Gasteiger partial charge on any atom is 0.166 e. The molecular formula is C15H27N3O. The van der Waals surface area contributed by atoms with Crippen molar-refractivity contribution in [2.24, 2.45) is 17.1 Å². The van der Waals surface area contributed by atoms with Crippen molar-refractivity contribution in [3.05, 3.63) is 18.0 Å². The van der Waals surface area contributed by atoms with E-state index >= 15 is 0 Å². The lowest BCUT2D eigenvalue weighted by atomic mass is 9.76. The quantitative estimate of drug-likeness (QED) is 0.771. The molecule has 0 aliphatic rings. The van der Waals surface area contributed by atoms with Crippen LogP contribution in [-0.2, 0) is 6.54 Å². The van der Waals surface area contributed by atoms with Crippen molar-refractivity contribution < 1.29 is 4.79 Å². The Bertz CT molecular complexity index is 404. The van der Waals surface area contributed by atoms with E-state index in [2.05, 4.69) is 25.9 Å². The summed E-state index contributed by atoms with van der Waals surface area (Å²) in [5.41, 5.74) is 6.59. The van der Waals surface area contributed by atoms with Crippen molar-refractivity contribution in [3.63, 3.8) is 0 Å². The van der Waals surface area contributed by atoms with Gasteiger partial charge in [0.15, 0.2) is 5.78 Å². The Morgan fingerprint density at radius 3 is 2.58 bits per heavy atom. The van der Waals surface area contributed by atoms with Crippen LogP contribution in [0.5, 0.6) is 0 Å². The second-order valence-corrected chi connectivity index (χ2v) is 6.19. The van der Waals surface area contributed by atoms with Crippen molar-refractivity contribution in [2.75, 3.05) is 6.54 Å². The number of aryl methyl sites for hydroxylation is 1. The zero-order valence-electron chi connectivity index (χ0n) is 12.6. The van der Waals surface area contributed by atoms with Crippen LogP contribution >= 0.6 is 0 Å². The molecule has 19 heavy (non-hydrogen) atoms. The third-order valence-corrected chi connectivity index (χ3v) is 3.74. The second kappa shape index (κ2) is 6.85. The van der Waals surface area contributed by atoms with Crippen LogP contribution in [0.2, 0.25) is 0 Å². The number of hydrogen-bond acceptors (Lipinski definition) is 3. The van der Waals surface area contributed by atoms with Crippen LogP contribution in [0, 0.1) is 11.3 Å². The number of Topliss-reactive ketones (excluding diaryl/α,β-unsaturated/α-hetero) is 1. The fourth-order valence-corrected chi connectivity index (χ4v) is 2.34. The summed E-state index contributed by atoms with van der Waals surface area (Å²) in [7, 11) is 0. The minimum Gasteiger partial charge on any atom is -0.330 e. The number of hydrogen-bond donors (Lipinski definition) is 1. The molecule has 4 heteroatoms. The van der Waals surface area contributed by atoms with Crippen molar-refractivity contribution in [1.82, 2.24) is 9.78 Å². The monoisotopic (exact) mass is 265 g/mol. The van der Waals surface area contributed by atoms with Crippen molar-refractivity contribution in [3.8, 4) is 0 Å². The van der Waals surface area contributed by atoms with Crippen molar-refractivity contribution in [2.45, 2.75) is 53.5 Å². The highest BCUT2D eigenvalue weighted by molar-refractivity contribution is 5.95. The average molecular weight is 265 g/mol. The van der Waals surface area contributed by atoms with E-state index in [-0.39, 0.29) is 11.2 Å². The topological polar surface area (TPSA) is 60.9 Å². The average Bonchev–Trinajstić information content (AvgIpc) is 2.81. The number of carbonyl (C=O) groups is 1. The van der Waals surface area contributed by atoms with Gasteiger partial charge in [0.1, 0.15) is 0 Å². The van der Waals surface area contributed by atoms with Gasteiger partial charge >= 0.3 is 0 Å². The predicted molar refractivity (Wildman–Crippen MR) is 78.1 cm³/mol. The van der Waals surface area contributed by atoms with E-state index in [9.17, 15) is 4.79 Å². The molecule has 0 amide bonds. The smallest absolute Gasteiger partial charge is 0.166 e. The van der Waals surface area contributed by atoms with Gasteiger partial charge < -0.3 is 5.73 Å². The van der Waals surface area contributed by atoms with Crippen LogP contribution in [0.4, 0.5) is 0 Å². The molecule has 108 valence electrons. The summed E-state index contributed by atoms with van der Waals surface area (Å²) in [5, 5.41) is 4.14. The second-order valence-electron chi connectivity index (χ2n) is 6.19. The molecule has 0 aromatic carbocycles. The molecule has 1 rings (SSSR count). The minimum absolute atomic E-state index is 0.186. The molecule has 4 nitrogen and oxygen atoms in total. The lowest BCUT2D eigenvalue weighted by Crippen LogP contribution is -2.24. The summed E-state index contributed by atoms with van der Waals surface area (Å²) in [6.07, 6.45) is 5.96. The van der Waals surface area contributed by atoms with Crippen LogP contribution in [0.25, 0.3) is 0 Å². The van der Waals surface area contributed by atoms with Crippen LogP contribution < -0.4 is 5.73 Å². The molecule has 0 fully saturated rings. The highest BCUT2D eigenvalue weighted by atomic mass is 16.1. The molecule has 0 saturated carbocycles. The number of ketones is 1. The maximum atomic E-state index is 12.1. The highest BCUT2D eigenvalue weighted by Crippen LogP contribution is 2.32. The Morgan fingerprint density at radius 2 is 2.11 bits per heavy atom. The first-order chi connectivity index (χ1) is 8.88. The summed E-state index contributed by atoms with van der Waals surface area (Å²) >= 11 is 0. The van der Waals surface area contributed by atoms with Gasteiger partial charge in [-0.05, 0) is 37.6 Å². The summed E-state index contributed by atoms with van der Waals surface area (Å²) in [4.78, 5) is 12.1. The van der Waals surface area contributed by atoms with Crippen LogP contribution in [0.1, 0.15) is 57.3 Å². The standard InChI is InChI=1S/C15H27N3O/c1-5-18-11-12(10-17-18)14(19)7-6-13(8-9-16)15(2,3)4/h10-11,13H,5-9,16H2,1-4H3. The van der Waals surface area contributed by atoms with Gasteiger partial charge in [-0.3, -0.25) is 9.48 Å². The van der Waals surface area contributed by atoms with E-state index in [1.165, 1.54) is 0 Å². The molecule has 0 saturated heterocycles. The number of carbonyl (C=O) groups excluding carboxylic acids is 1. The summed E-state index contributed by atoms with van der Waals surface area (Å²) < 4.78 is 1.79. The molecule has 1 heterocycles. The minimum atomic E-state index is 0.186. The summed E-state index contributed by atoms with van der Waals surface area (Å²) in [5.74, 6) is 0.675. The highest BCUT2D eigenvalue weighted by Gasteiger charge is 2.24. The molecule has 0 bridgehead atoms. The van der Waals surface area contributed by atoms with Crippen molar-refractivity contribution in [1.29, 1.82) is 0 Å². The molecule has 0 aliphatic heterocycles. The van der Waals surface area contributed by atoms with Crippen LogP contribution in [-0.4, -0.2) is 22.1 Å². The van der Waals surface area contributed by atoms with Gasteiger partial charge in [0.25, 0.3) is 0 Å². The van der Waals surface area contributed by atoms with Gasteiger partial charge in [0, 0.05) is 19.2 Å². The number of rotatable bonds is 7. The fourth-order valence-electron chi connectivity index (χ4n) is 2.34. The molecule has 1 aromatic rings. The Labute approximate surface area is 116 Å². The lowest BCUT2D eigenvalue weighted by Gasteiger charge is -2.30. The Kier molecular flexibility index (Phi) is 5.73. The predicted octanol–water partition coefficient (Wildman–Crippen LogP) is 2.88. The van der Waals surface area contributed by atoms with E-state index in [0.29, 0.717) is 18.9 Å². The molecule has 0 radical (unpaired) electrons. The number of nitrogens with two attached hydrogens (primary N) is 1. The van der Waals surface area contributed by atoms with Crippen LogP contribution in [0.15, 0.2) is 12.4 Å². The van der Waals surface area contributed by atoms with Gasteiger partial charge in [-0.25, -0.2) is 0 Å². The van der Waals surface area contributed by atoms with Gasteiger partial charge in [-0.1, -0.05) is 20.8 Å². The molecule has 0 spiro atoms. The zero-order chi connectivity index (χ0) is 14.5. The van der Waals surface area contributed by atoms with E-state index in [1.807, 2.05) is 13.1 Å². The molecule has 2 N–H and O–H groups in total. The van der Waals surface area contributed by atoms with Crippen LogP contribution in [0.3, 0.4) is 0 Å². The van der Waals surface area contributed by atoms with Gasteiger partial charge in [0.2, 0.25) is 0 Å². The molecule has 1 aromatic heterocycles. The van der Waals surface area contributed by atoms with E-state index in [4.69, 9.17) is 5.73 Å². The Balaban J connectivity index is 2.56. The third-order valence-electron chi connectivity index (χ3n) is 3.74. The molecular weight excluding hydrogens is 238 g/mol. The summed E-state index contributed by atoms with van der Waals surface area (Å²) in [6.45, 7) is 10.1. The van der Waals surface area contributed by atoms with Gasteiger partial charge in [-0.2, -0.15) is 5.10 Å². The first-order valence-corrected chi connectivity index (χ1v) is 7.14. The number of nitrogens with zero attached hydrogens (tertiary/aromatic N) is 2. The SMILES string of the molecule is CCn1cc(C(=O)CCC(CCN)C(C)(C)C)cn1. The van der Waals surface area contributed by atoms with E-state index in [1.54, 1.807) is 10.9 Å². The van der Waals surface area contributed by atoms with Gasteiger partial charge in [-0.15, -0.1) is 0 Å². The first-order valence-electron chi connectivity index (χ1n) is 7.14. The Hall–Kier alpha value is -1.16. The third kappa shape index (κ3) is 4.78. The summed E-state index contributed by atoms with van der Waals surface area (Å²) in [6, 6.07) is 0. The van der Waals surface area contributed by atoms with E-state index < -0.39 is 0 Å². The maximum absolute atomic E-state index is 12.1. The zero-order valence-corrected chi connectivity index (χ0v) is 12.6. The molecule has 1 unspecified atom stereocenters. The Morgan fingerprint density at radius 1 is 1.42 bits per heavy atom.